The number of halogens is 3. The van der Waals surface area contributed by atoms with Crippen LogP contribution in [-0.2, 0) is 15.7 Å². The summed E-state index contributed by atoms with van der Waals surface area (Å²) in [4.78, 5) is 9.40. The van der Waals surface area contributed by atoms with E-state index in [4.69, 9.17) is 9.47 Å². The molecule has 0 bridgehead atoms. The van der Waals surface area contributed by atoms with Crippen molar-refractivity contribution in [2.75, 3.05) is 31.2 Å². The van der Waals surface area contributed by atoms with Gasteiger partial charge in [0, 0.05) is 32.0 Å². The van der Waals surface area contributed by atoms with Crippen molar-refractivity contribution in [3.05, 3.63) is 17.6 Å². The Morgan fingerprint density at radius 1 is 1.14 bits per heavy atom. The lowest BCUT2D eigenvalue weighted by atomic mass is 10.0. The van der Waals surface area contributed by atoms with Crippen molar-refractivity contribution in [3.8, 4) is 0 Å². The second-order valence-corrected chi connectivity index (χ2v) is 5.25. The van der Waals surface area contributed by atoms with E-state index >= 15 is 0 Å². The van der Waals surface area contributed by atoms with Gasteiger partial charge in [0.2, 0.25) is 0 Å². The van der Waals surface area contributed by atoms with E-state index in [0.29, 0.717) is 45.0 Å². The predicted molar refractivity (Wildman–Crippen MR) is 67.9 cm³/mol. The smallest absolute Gasteiger partial charge is 0.356 e. The molecule has 0 amide bonds. The zero-order valence-electron chi connectivity index (χ0n) is 11.6. The molecule has 0 radical (unpaired) electrons. The first-order chi connectivity index (χ1) is 9.88. The molecule has 0 N–H and O–H groups in total. The van der Waals surface area contributed by atoms with Crippen molar-refractivity contribution in [2.24, 2.45) is 0 Å². The van der Waals surface area contributed by atoms with E-state index in [0.717, 1.165) is 6.07 Å². The molecular formula is C13H16F3N3O2. The highest BCUT2D eigenvalue weighted by Gasteiger charge is 2.40. The van der Waals surface area contributed by atoms with E-state index < -0.39 is 17.7 Å². The van der Waals surface area contributed by atoms with Crippen LogP contribution in [0.25, 0.3) is 0 Å². The van der Waals surface area contributed by atoms with Crippen molar-refractivity contribution in [3.63, 3.8) is 0 Å². The van der Waals surface area contributed by atoms with Crippen molar-refractivity contribution in [1.29, 1.82) is 0 Å². The minimum absolute atomic E-state index is 0.119. The fourth-order valence-corrected chi connectivity index (χ4v) is 2.72. The van der Waals surface area contributed by atoms with Gasteiger partial charge in [-0.2, -0.15) is 13.2 Å². The zero-order chi connectivity index (χ0) is 15.1. The predicted octanol–water partition coefficient (Wildman–Crippen LogP) is 2.15. The van der Waals surface area contributed by atoms with Gasteiger partial charge in [-0.15, -0.1) is 0 Å². The normalized spacial score (nSPS) is 22.0. The quantitative estimate of drug-likeness (QED) is 0.795. The molecule has 2 fully saturated rings. The molecule has 1 aromatic heterocycles. The Morgan fingerprint density at radius 3 is 2.33 bits per heavy atom. The molecule has 21 heavy (non-hydrogen) atoms. The number of aromatic nitrogens is 2. The zero-order valence-corrected chi connectivity index (χ0v) is 11.6. The largest absolute Gasteiger partial charge is 0.433 e. The molecule has 5 nitrogen and oxygen atoms in total. The molecule has 2 aliphatic rings. The minimum atomic E-state index is -4.46. The lowest BCUT2D eigenvalue weighted by Gasteiger charge is -2.38. The minimum Gasteiger partial charge on any atom is -0.356 e. The molecule has 2 aliphatic heterocycles. The van der Waals surface area contributed by atoms with Crippen molar-refractivity contribution < 1.29 is 22.6 Å². The summed E-state index contributed by atoms with van der Waals surface area (Å²) in [5, 5.41) is 0. The van der Waals surface area contributed by atoms with Gasteiger partial charge in [0.05, 0.1) is 13.2 Å². The van der Waals surface area contributed by atoms with E-state index in [1.165, 1.54) is 6.92 Å². The highest BCUT2D eigenvalue weighted by atomic mass is 19.4. The number of aryl methyl sites for hydroxylation is 1. The van der Waals surface area contributed by atoms with E-state index in [1.807, 2.05) is 4.90 Å². The highest BCUT2D eigenvalue weighted by molar-refractivity contribution is 5.41. The Hall–Kier alpha value is -1.41. The fourth-order valence-electron chi connectivity index (χ4n) is 2.72. The van der Waals surface area contributed by atoms with E-state index in [2.05, 4.69) is 9.97 Å². The first-order valence-corrected chi connectivity index (χ1v) is 6.84. The van der Waals surface area contributed by atoms with Crippen LogP contribution in [0.15, 0.2) is 6.07 Å². The molecule has 8 heteroatoms. The van der Waals surface area contributed by atoms with Gasteiger partial charge >= 0.3 is 6.18 Å². The number of alkyl halides is 3. The third-order valence-electron chi connectivity index (χ3n) is 3.78. The molecule has 3 heterocycles. The second-order valence-electron chi connectivity index (χ2n) is 5.25. The van der Waals surface area contributed by atoms with Crippen molar-refractivity contribution in [1.82, 2.24) is 9.97 Å². The molecule has 116 valence electrons. The monoisotopic (exact) mass is 303 g/mol. The number of hydrogen-bond acceptors (Lipinski definition) is 5. The standard InChI is InChI=1S/C13H16F3N3O2/c1-9-17-10(13(14,15)16)8-11(18-9)19-4-2-12(3-5-19)20-6-7-21-12/h8H,2-7H2,1H3. The lowest BCUT2D eigenvalue weighted by molar-refractivity contribution is -0.169. The molecule has 0 unspecified atom stereocenters. The summed E-state index contributed by atoms with van der Waals surface area (Å²) < 4.78 is 49.6. The van der Waals surface area contributed by atoms with E-state index in [1.54, 1.807) is 0 Å². The Bertz CT molecular complexity index is 520. The number of rotatable bonds is 1. The Balaban J connectivity index is 1.77. The third kappa shape index (κ3) is 2.96. The van der Waals surface area contributed by atoms with Gasteiger partial charge in [-0.1, -0.05) is 0 Å². The molecule has 3 rings (SSSR count). The Kier molecular flexibility index (Phi) is 3.53. The van der Waals surface area contributed by atoms with Crippen LogP contribution < -0.4 is 4.90 Å². The van der Waals surface area contributed by atoms with Crippen LogP contribution in [0.1, 0.15) is 24.4 Å². The third-order valence-corrected chi connectivity index (χ3v) is 3.78. The number of nitrogens with zero attached hydrogens (tertiary/aromatic N) is 3. The summed E-state index contributed by atoms with van der Waals surface area (Å²) >= 11 is 0. The van der Waals surface area contributed by atoms with Gasteiger partial charge in [0.25, 0.3) is 0 Å². The van der Waals surface area contributed by atoms with Crippen molar-refractivity contribution in [2.45, 2.75) is 31.7 Å². The fraction of sp³-hybridized carbons (Fsp3) is 0.692. The second kappa shape index (κ2) is 5.10. The molecule has 0 atom stereocenters. The summed E-state index contributed by atoms with van der Waals surface area (Å²) in [5.41, 5.74) is -0.904. The number of piperidine rings is 1. The summed E-state index contributed by atoms with van der Waals surface area (Å²) in [5.74, 6) is -0.123. The van der Waals surface area contributed by atoms with Crippen LogP contribution in [0.2, 0.25) is 0 Å². The molecule has 2 saturated heterocycles. The topological polar surface area (TPSA) is 47.5 Å². The lowest BCUT2D eigenvalue weighted by Crippen LogP contribution is -2.45. The average molecular weight is 303 g/mol. The van der Waals surface area contributed by atoms with Crippen LogP contribution in [0.5, 0.6) is 0 Å². The maximum Gasteiger partial charge on any atom is 0.433 e. The molecule has 0 aliphatic carbocycles. The molecule has 0 aromatic carbocycles. The van der Waals surface area contributed by atoms with Gasteiger partial charge in [-0.25, -0.2) is 9.97 Å². The number of ether oxygens (including phenoxy) is 2. The Labute approximate surface area is 120 Å². The summed E-state index contributed by atoms with van der Waals surface area (Å²) in [6, 6.07) is 1.00. The van der Waals surface area contributed by atoms with Gasteiger partial charge in [0.1, 0.15) is 17.3 Å². The van der Waals surface area contributed by atoms with Crippen molar-refractivity contribution >= 4 is 5.82 Å². The number of hydrogen-bond donors (Lipinski definition) is 0. The molecule has 1 aromatic rings. The highest BCUT2D eigenvalue weighted by Crippen LogP contribution is 2.34. The van der Waals surface area contributed by atoms with Crippen LogP contribution in [0.4, 0.5) is 19.0 Å². The maximum atomic E-state index is 12.8. The van der Waals surface area contributed by atoms with Gasteiger partial charge in [-0.05, 0) is 6.92 Å². The summed E-state index contributed by atoms with van der Waals surface area (Å²) in [6.07, 6.45) is -3.22. The molecule has 0 saturated carbocycles. The Morgan fingerprint density at radius 2 is 1.76 bits per heavy atom. The molecule has 1 spiro atoms. The molecular weight excluding hydrogens is 287 g/mol. The van der Waals surface area contributed by atoms with Crippen LogP contribution in [0.3, 0.4) is 0 Å². The average Bonchev–Trinajstić information content (AvgIpc) is 2.86. The van der Waals surface area contributed by atoms with Gasteiger partial charge in [-0.3, -0.25) is 0 Å². The first-order valence-electron chi connectivity index (χ1n) is 6.84. The van der Waals surface area contributed by atoms with Gasteiger partial charge in [0.15, 0.2) is 5.79 Å². The first kappa shape index (κ1) is 14.5. The summed E-state index contributed by atoms with van der Waals surface area (Å²) in [7, 11) is 0. The maximum absolute atomic E-state index is 12.8. The van der Waals surface area contributed by atoms with Crippen LogP contribution in [0, 0.1) is 6.92 Å². The van der Waals surface area contributed by atoms with Gasteiger partial charge < -0.3 is 14.4 Å². The van der Waals surface area contributed by atoms with Crippen LogP contribution >= 0.6 is 0 Å². The van der Waals surface area contributed by atoms with E-state index in [9.17, 15) is 13.2 Å². The summed E-state index contributed by atoms with van der Waals surface area (Å²) in [6.45, 7) is 3.71. The SMILES string of the molecule is Cc1nc(N2CCC3(CC2)OCCO3)cc(C(F)(F)F)n1. The van der Waals surface area contributed by atoms with Crippen LogP contribution in [-0.4, -0.2) is 42.1 Å². The van der Waals surface area contributed by atoms with E-state index in [-0.39, 0.29) is 5.82 Å². The number of anilines is 1.